The van der Waals surface area contributed by atoms with E-state index >= 15 is 0 Å². The smallest absolute Gasteiger partial charge is 0.438 e. The summed E-state index contributed by atoms with van der Waals surface area (Å²) < 4.78 is 46.1. The summed E-state index contributed by atoms with van der Waals surface area (Å²) in [6, 6.07) is 12.5. The maximum atomic E-state index is 13.7. The Labute approximate surface area is 160 Å². The topological polar surface area (TPSA) is 62.1 Å². The highest BCUT2D eigenvalue weighted by Gasteiger charge is 2.63. The molecule has 1 amide bonds. The van der Waals surface area contributed by atoms with Gasteiger partial charge in [0.15, 0.2) is 0 Å². The monoisotopic (exact) mass is 392 g/mol. The summed E-state index contributed by atoms with van der Waals surface area (Å²) in [5, 5.41) is 14.4. The van der Waals surface area contributed by atoms with Gasteiger partial charge in [0, 0.05) is 5.56 Å². The molecule has 0 aromatic heterocycles. The number of carbonyl (C=O) groups excluding carboxylic acids is 1. The Balaban J connectivity index is 2.02. The fourth-order valence-electron chi connectivity index (χ4n) is 2.95. The first-order valence-corrected chi connectivity index (χ1v) is 8.64. The van der Waals surface area contributed by atoms with Crippen molar-refractivity contribution >= 4 is 11.6 Å². The van der Waals surface area contributed by atoms with Crippen molar-refractivity contribution in [1.82, 2.24) is 5.01 Å². The second-order valence-corrected chi connectivity index (χ2v) is 6.44. The number of halogens is 3. The molecule has 1 heterocycles. The van der Waals surface area contributed by atoms with E-state index in [4.69, 9.17) is 4.74 Å². The van der Waals surface area contributed by atoms with Gasteiger partial charge in [-0.15, -0.1) is 0 Å². The predicted octanol–water partition coefficient (Wildman–Crippen LogP) is 3.76. The predicted molar refractivity (Wildman–Crippen MR) is 97.1 cm³/mol. The Morgan fingerprint density at radius 3 is 2.50 bits per heavy atom. The molecule has 0 fully saturated rings. The summed E-state index contributed by atoms with van der Waals surface area (Å²) >= 11 is 0. The Morgan fingerprint density at radius 2 is 1.93 bits per heavy atom. The fourth-order valence-corrected chi connectivity index (χ4v) is 2.95. The van der Waals surface area contributed by atoms with E-state index in [-0.39, 0.29) is 16.3 Å². The molecule has 2 aromatic carbocycles. The number of hydrogen-bond donors (Lipinski definition) is 1. The Bertz CT molecular complexity index is 910. The molecule has 0 saturated heterocycles. The van der Waals surface area contributed by atoms with Crippen LogP contribution >= 0.6 is 0 Å². The maximum absolute atomic E-state index is 13.7. The number of aryl methyl sites for hydroxylation is 1. The lowest BCUT2D eigenvalue weighted by molar-refractivity contribution is -0.297. The largest absolute Gasteiger partial charge is 0.497 e. The van der Waals surface area contributed by atoms with Crippen molar-refractivity contribution < 1.29 is 27.8 Å². The third kappa shape index (κ3) is 3.47. The molecule has 1 atom stereocenters. The average Bonchev–Trinajstić information content (AvgIpc) is 3.06. The van der Waals surface area contributed by atoms with E-state index in [1.54, 1.807) is 30.3 Å². The van der Waals surface area contributed by atoms with Crippen molar-refractivity contribution in [2.75, 3.05) is 7.11 Å². The summed E-state index contributed by atoms with van der Waals surface area (Å²) in [5.74, 6) is -0.765. The first kappa shape index (κ1) is 19.9. The van der Waals surface area contributed by atoms with Crippen LogP contribution in [0.3, 0.4) is 0 Å². The molecule has 2 aromatic rings. The number of aliphatic hydroxyl groups is 1. The van der Waals surface area contributed by atoms with Crippen LogP contribution in [0.5, 0.6) is 5.75 Å². The summed E-state index contributed by atoms with van der Waals surface area (Å²) in [4.78, 5) is 12.8. The Kier molecular flexibility index (Phi) is 5.16. The minimum atomic E-state index is -5.09. The van der Waals surface area contributed by atoms with Gasteiger partial charge in [-0.05, 0) is 35.7 Å². The molecule has 1 aliphatic rings. The van der Waals surface area contributed by atoms with Crippen LogP contribution in [0.15, 0.2) is 53.6 Å². The normalized spacial score (nSPS) is 19.5. The van der Waals surface area contributed by atoms with E-state index in [1.807, 2.05) is 6.92 Å². The van der Waals surface area contributed by atoms with E-state index in [0.29, 0.717) is 11.3 Å². The van der Waals surface area contributed by atoms with Gasteiger partial charge in [-0.25, -0.2) is 0 Å². The van der Waals surface area contributed by atoms with Crippen LogP contribution in [0, 0.1) is 0 Å². The number of carbonyl (C=O) groups is 1. The Hall–Kier alpha value is -2.87. The number of nitrogens with zero attached hydrogens (tertiary/aromatic N) is 2. The lowest BCUT2D eigenvalue weighted by Crippen LogP contribution is -2.56. The van der Waals surface area contributed by atoms with Crippen molar-refractivity contribution in [3.8, 4) is 5.75 Å². The number of alkyl halides is 3. The second-order valence-electron chi connectivity index (χ2n) is 6.44. The summed E-state index contributed by atoms with van der Waals surface area (Å²) in [6.07, 6.45) is -5.16. The van der Waals surface area contributed by atoms with E-state index in [9.17, 15) is 23.1 Å². The van der Waals surface area contributed by atoms with Gasteiger partial charge in [0.2, 0.25) is 0 Å². The van der Waals surface area contributed by atoms with Gasteiger partial charge in [0.25, 0.3) is 11.6 Å². The highest BCUT2D eigenvalue weighted by molar-refractivity contribution is 6.05. The number of rotatable bonds is 4. The van der Waals surface area contributed by atoms with Gasteiger partial charge < -0.3 is 9.84 Å². The molecule has 5 nitrogen and oxygen atoms in total. The van der Waals surface area contributed by atoms with Gasteiger partial charge in [0.05, 0.1) is 19.2 Å². The molecule has 1 unspecified atom stereocenters. The average molecular weight is 392 g/mol. The van der Waals surface area contributed by atoms with Crippen molar-refractivity contribution in [3.05, 3.63) is 65.2 Å². The van der Waals surface area contributed by atoms with Crippen LogP contribution in [0.4, 0.5) is 13.2 Å². The maximum Gasteiger partial charge on any atom is 0.438 e. The molecule has 3 rings (SSSR count). The molecular formula is C20H19F3N2O3. The number of ether oxygens (including phenoxy) is 1. The van der Waals surface area contributed by atoms with Crippen LogP contribution in [-0.2, 0) is 6.42 Å². The van der Waals surface area contributed by atoms with Crippen LogP contribution in [0.1, 0.15) is 34.8 Å². The first-order chi connectivity index (χ1) is 13.2. The second kappa shape index (κ2) is 7.27. The first-order valence-electron chi connectivity index (χ1n) is 8.64. The minimum absolute atomic E-state index is 0.0151. The van der Waals surface area contributed by atoms with Gasteiger partial charge in [-0.1, -0.05) is 37.3 Å². The summed E-state index contributed by atoms with van der Waals surface area (Å²) in [6.45, 7) is 1.96. The number of hydrazone groups is 1. The van der Waals surface area contributed by atoms with E-state index in [0.717, 1.165) is 12.0 Å². The van der Waals surface area contributed by atoms with Crippen molar-refractivity contribution in [2.24, 2.45) is 5.10 Å². The lowest BCUT2D eigenvalue weighted by Gasteiger charge is -2.32. The fraction of sp³-hybridized carbons (Fsp3) is 0.300. The standard InChI is InChI=1S/C20H19F3N2O3/c1-3-13-7-9-14(10-8-13)17-12-19(27,20(21,22)23)25(24-17)18(26)15-5-4-6-16(11-15)28-2/h4-11,27H,3,12H2,1-2H3. The molecule has 0 aliphatic carbocycles. The number of hydrogen-bond acceptors (Lipinski definition) is 4. The van der Waals surface area contributed by atoms with Crippen molar-refractivity contribution in [1.29, 1.82) is 0 Å². The van der Waals surface area contributed by atoms with E-state index < -0.39 is 24.2 Å². The zero-order valence-electron chi connectivity index (χ0n) is 15.3. The van der Waals surface area contributed by atoms with Crippen LogP contribution in [0.25, 0.3) is 0 Å². The van der Waals surface area contributed by atoms with Gasteiger partial charge in [-0.2, -0.15) is 23.3 Å². The molecule has 0 saturated carbocycles. The summed E-state index contributed by atoms with van der Waals surface area (Å²) in [7, 11) is 1.38. The third-order valence-electron chi connectivity index (χ3n) is 4.64. The van der Waals surface area contributed by atoms with Gasteiger partial charge in [0.1, 0.15) is 5.75 Å². The third-order valence-corrected chi connectivity index (χ3v) is 4.64. The molecule has 0 spiro atoms. The van der Waals surface area contributed by atoms with Crippen LogP contribution in [0.2, 0.25) is 0 Å². The highest BCUT2D eigenvalue weighted by atomic mass is 19.4. The molecular weight excluding hydrogens is 373 g/mol. The molecule has 0 bridgehead atoms. The van der Waals surface area contributed by atoms with Crippen molar-refractivity contribution in [3.63, 3.8) is 0 Å². The molecule has 1 N–H and O–H groups in total. The minimum Gasteiger partial charge on any atom is -0.497 e. The Morgan fingerprint density at radius 1 is 1.25 bits per heavy atom. The number of methoxy groups -OCH3 is 1. The van der Waals surface area contributed by atoms with E-state index in [2.05, 4.69) is 5.10 Å². The quantitative estimate of drug-likeness (QED) is 0.862. The molecule has 28 heavy (non-hydrogen) atoms. The molecule has 1 aliphatic heterocycles. The van der Waals surface area contributed by atoms with Crippen molar-refractivity contribution in [2.45, 2.75) is 31.7 Å². The highest BCUT2D eigenvalue weighted by Crippen LogP contribution is 2.42. The SMILES string of the molecule is CCc1ccc(C2=NN(C(=O)c3cccc(OC)c3)C(O)(C(F)(F)F)C2)cc1. The van der Waals surface area contributed by atoms with E-state index in [1.165, 1.54) is 25.3 Å². The van der Waals surface area contributed by atoms with Gasteiger partial charge >= 0.3 is 6.18 Å². The van der Waals surface area contributed by atoms with Crippen LogP contribution in [-0.4, -0.2) is 40.7 Å². The van der Waals surface area contributed by atoms with Gasteiger partial charge in [-0.3, -0.25) is 4.79 Å². The number of amides is 1. The molecule has 148 valence electrons. The zero-order chi connectivity index (χ0) is 20.5. The lowest BCUT2D eigenvalue weighted by atomic mass is 9.99. The molecule has 8 heteroatoms. The molecule has 0 radical (unpaired) electrons. The summed E-state index contributed by atoms with van der Waals surface area (Å²) in [5.41, 5.74) is -2.09. The zero-order valence-corrected chi connectivity index (χ0v) is 15.3. The van der Waals surface area contributed by atoms with Crippen LogP contribution < -0.4 is 4.74 Å². The number of benzene rings is 2.